The first-order chi connectivity index (χ1) is 14.3. The Morgan fingerprint density at radius 1 is 0.967 bits per heavy atom. The molecule has 0 saturated carbocycles. The van der Waals surface area contributed by atoms with Crippen molar-refractivity contribution < 1.29 is 18.3 Å². The number of piperazine rings is 1. The zero-order valence-corrected chi connectivity index (χ0v) is 17.7. The van der Waals surface area contributed by atoms with Crippen molar-refractivity contribution in [3.8, 4) is 0 Å². The molecule has 1 fully saturated rings. The summed E-state index contributed by atoms with van der Waals surface area (Å²) in [6.07, 6.45) is -3.93. The van der Waals surface area contributed by atoms with Crippen LogP contribution >= 0.6 is 11.8 Å². The van der Waals surface area contributed by atoms with Crippen LogP contribution in [-0.4, -0.2) is 60.4 Å². The van der Waals surface area contributed by atoms with E-state index in [1.807, 2.05) is 34.1 Å². The third-order valence-electron chi connectivity index (χ3n) is 5.74. The Hall–Kier alpha value is -1.74. The van der Waals surface area contributed by atoms with Crippen LogP contribution in [0.25, 0.3) is 0 Å². The molecular weight excluding hydrogens is 411 g/mol. The third-order valence-corrected chi connectivity index (χ3v) is 6.87. The number of benzene rings is 2. The second-order valence-electron chi connectivity index (χ2n) is 7.76. The highest BCUT2D eigenvalue weighted by atomic mass is 32.2. The van der Waals surface area contributed by atoms with E-state index in [-0.39, 0.29) is 0 Å². The Balaban J connectivity index is 1.48. The number of para-hydroxylation sites is 1. The Labute approximate surface area is 179 Å². The number of hydrogen-bond donors (Lipinski definition) is 1. The summed E-state index contributed by atoms with van der Waals surface area (Å²) in [6.45, 7) is 6.78. The Morgan fingerprint density at radius 2 is 1.67 bits per heavy atom. The fourth-order valence-electron chi connectivity index (χ4n) is 4.06. The molecule has 4 rings (SSSR count). The summed E-state index contributed by atoms with van der Waals surface area (Å²) in [6, 6.07) is 11.9. The maximum Gasteiger partial charge on any atom is 0.416 e. The average Bonchev–Trinajstić information content (AvgIpc) is 2.72. The van der Waals surface area contributed by atoms with Crippen molar-refractivity contribution in [2.75, 3.05) is 44.2 Å². The average molecular weight is 438 g/mol. The van der Waals surface area contributed by atoms with Crippen LogP contribution in [0, 0.1) is 0 Å². The predicted octanol–water partition coefficient (Wildman–Crippen LogP) is 4.65. The lowest BCUT2D eigenvalue weighted by Crippen LogP contribution is -2.49. The van der Waals surface area contributed by atoms with Crippen LogP contribution in [-0.2, 0) is 6.18 Å². The van der Waals surface area contributed by atoms with Gasteiger partial charge in [-0.2, -0.15) is 13.2 Å². The lowest BCUT2D eigenvalue weighted by Gasteiger charge is -2.37. The number of aliphatic hydroxyl groups is 1. The molecule has 30 heavy (non-hydrogen) atoms. The Bertz CT molecular complexity index is 882. The molecule has 0 spiro atoms. The molecule has 0 bridgehead atoms. The minimum Gasteiger partial charge on any atom is -0.379 e. The number of fused-ring (bicyclic) bond motifs is 2. The molecule has 2 aliphatic rings. The molecule has 1 atom stereocenters. The van der Waals surface area contributed by atoms with Gasteiger partial charge in [0.25, 0.3) is 0 Å². The van der Waals surface area contributed by atoms with Crippen LogP contribution < -0.4 is 4.90 Å². The molecule has 0 amide bonds. The lowest BCUT2D eigenvalue weighted by atomic mass is 10.1. The SMILES string of the molecule is CC(O)N1CCN(CCCN2c3ccccc3Sc3ccc(C(F)(F)F)cc32)CC1. The normalized spacial score (nSPS) is 18.8. The van der Waals surface area contributed by atoms with Crippen molar-refractivity contribution in [2.45, 2.75) is 35.5 Å². The fraction of sp³-hybridized carbons (Fsp3) is 0.455. The molecule has 0 aliphatic carbocycles. The number of halogens is 3. The summed E-state index contributed by atoms with van der Waals surface area (Å²) in [4.78, 5) is 8.35. The van der Waals surface area contributed by atoms with Gasteiger partial charge in [-0.15, -0.1) is 0 Å². The van der Waals surface area contributed by atoms with Crippen LogP contribution in [0.2, 0.25) is 0 Å². The largest absolute Gasteiger partial charge is 0.416 e. The topological polar surface area (TPSA) is 30.0 Å². The molecule has 0 radical (unpaired) electrons. The second kappa shape index (κ2) is 8.78. The van der Waals surface area contributed by atoms with Crippen molar-refractivity contribution >= 4 is 23.1 Å². The smallest absolute Gasteiger partial charge is 0.379 e. The number of nitrogens with zero attached hydrogens (tertiary/aromatic N) is 3. The maximum atomic E-state index is 13.3. The molecule has 8 heteroatoms. The van der Waals surface area contributed by atoms with Gasteiger partial charge in [0.2, 0.25) is 0 Å². The van der Waals surface area contributed by atoms with Crippen LogP contribution in [0.5, 0.6) is 0 Å². The van der Waals surface area contributed by atoms with Gasteiger partial charge in [-0.3, -0.25) is 4.90 Å². The van der Waals surface area contributed by atoms with E-state index in [2.05, 4.69) is 4.90 Å². The first-order valence-corrected chi connectivity index (χ1v) is 11.0. The van der Waals surface area contributed by atoms with Gasteiger partial charge >= 0.3 is 6.18 Å². The van der Waals surface area contributed by atoms with E-state index in [1.54, 1.807) is 13.0 Å². The summed E-state index contributed by atoms with van der Waals surface area (Å²) in [5.41, 5.74) is 0.987. The molecule has 2 aromatic rings. The van der Waals surface area contributed by atoms with E-state index >= 15 is 0 Å². The standard InChI is InChI=1S/C22H26F3N3OS/c1-16(29)27-13-11-26(12-14-27)9-4-10-28-18-5-2-3-6-20(18)30-21-8-7-17(15-19(21)28)22(23,24)25/h2-3,5-8,15-16,29H,4,9-14H2,1H3. The van der Waals surface area contributed by atoms with Gasteiger partial charge in [0.05, 0.1) is 16.9 Å². The van der Waals surface area contributed by atoms with Gasteiger partial charge in [0.1, 0.15) is 6.23 Å². The molecule has 162 valence electrons. The van der Waals surface area contributed by atoms with Crippen molar-refractivity contribution in [3.05, 3.63) is 48.0 Å². The summed E-state index contributed by atoms with van der Waals surface area (Å²) >= 11 is 1.52. The molecule has 2 heterocycles. The predicted molar refractivity (Wildman–Crippen MR) is 113 cm³/mol. The summed E-state index contributed by atoms with van der Waals surface area (Å²) in [5, 5.41) is 9.69. The van der Waals surface area contributed by atoms with E-state index < -0.39 is 18.0 Å². The fourth-order valence-corrected chi connectivity index (χ4v) is 5.14. The molecule has 2 aliphatic heterocycles. The second-order valence-corrected chi connectivity index (χ2v) is 8.85. The Morgan fingerprint density at radius 3 is 2.37 bits per heavy atom. The summed E-state index contributed by atoms with van der Waals surface area (Å²) < 4.78 is 39.9. The van der Waals surface area contributed by atoms with Crippen molar-refractivity contribution in [2.24, 2.45) is 0 Å². The quantitative estimate of drug-likeness (QED) is 0.736. The molecule has 2 aromatic carbocycles. The molecule has 1 saturated heterocycles. The van der Waals surface area contributed by atoms with Gasteiger partial charge < -0.3 is 14.9 Å². The monoisotopic (exact) mass is 437 g/mol. The van der Waals surface area contributed by atoms with E-state index in [0.717, 1.165) is 54.6 Å². The number of hydrogen-bond acceptors (Lipinski definition) is 5. The van der Waals surface area contributed by atoms with Crippen LogP contribution in [0.15, 0.2) is 52.3 Å². The maximum absolute atomic E-state index is 13.3. The van der Waals surface area contributed by atoms with Gasteiger partial charge in [0.15, 0.2) is 0 Å². The van der Waals surface area contributed by atoms with Crippen molar-refractivity contribution in [3.63, 3.8) is 0 Å². The first kappa shape index (κ1) is 21.5. The van der Waals surface area contributed by atoms with Crippen LogP contribution in [0.3, 0.4) is 0 Å². The van der Waals surface area contributed by atoms with Gasteiger partial charge in [0, 0.05) is 42.5 Å². The first-order valence-electron chi connectivity index (χ1n) is 10.2. The van der Waals surface area contributed by atoms with E-state index in [9.17, 15) is 18.3 Å². The molecule has 1 N–H and O–H groups in total. The molecule has 4 nitrogen and oxygen atoms in total. The highest BCUT2D eigenvalue weighted by molar-refractivity contribution is 7.99. The number of aliphatic hydroxyl groups excluding tert-OH is 1. The minimum absolute atomic E-state index is 0.422. The molecule has 0 aromatic heterocycles. The Kier molecular flexibility index (Phi) is 6.29. The number of anilines is 2. The highest BCUT2D eigenvalue weighted by Crippen LogP contribution is 2.49. The van der Waals surface area contributed by atoms with Gasteiger partial charge in [-0.05, 0) is 50.2 Å². The van der Waals surface area contributed by atoms with Gasteiger partial charge in [-0.1, -0.05) is 23.9 Å². The van der Waals surface area contributed by atoms with E-state index in [1.165, 1.54) is 23.9 Å². The lowest BCUT2D eigenvalue weighted by molar-refractivity contribution is -0.137. The van der Waals surface area contributed by atoms with Crippen molar-refractivity contribution in [1.29, 1.82) is 0 Å². The zero-order valence-electron chi connectivity index (χ0n) is 16.9. The molecule has 1 unspecified atom stereocenters. The van der Waals surface area contributed by atoms with E-state index in [4.69, 9.17) is 0 Å². The molecular formula is C22H26F3N3OS. The van der Waals surface area contributed by atoms with Crippen LogP contribution in [0.4, 0.5) is 24.5 Å². The zero-order chi connectivity index (χ0) is 21.3. The minimum atomic E-state index is -4.36. The summed E-state index contributed by atoms with van der Waals surface area (Å²) in [5.74, 6) is 0. The van der Waals surface area contributed by atoms with Crippen molar-refractivity contribution in [1.82, 2.24) is 9.80 Å². The highest BCUT2D eigenvalue weighted by Gasteiger charge is 2.33. The van der Waals surface area contributed by atoms with E-state index in [0.29, 0.717) is 12.2 Å². The van der Waals surface area contributed by atoms with Crippen LogP contribution in [0.1, 0.15) is 18.9 Å². The van der Waals surface area contributed by atoms with Gasteiger partial charge in [-0.25, -0.2) is 0 Å². The number of alkyl halides is 3. The third kappa shape index (κ3) is 4.61. The number of rotatable bonds is 5. The summed E-state index contributed by atoms with van der Waals surface area (Å²) in [7, 11) is 0.